The first-order chi connectivity index (χ1) is 10.7. The van der Waals surface area contributed by atoms with E-state index in [1.54, 1.807) is 7.11 Å². The number of nitrogens with zero attached hydrogens (tertiary/aromatic N) is 2. The maximum atomic E-state index is 11.6. The van der Waals surface area contributed by atoms with Gasteiger partial charge in [-0.3, -0.25) is 4.79 Å². The lowest BCUT2D eigenvalue weighted by Gasteiger charge is -2.02. The quantitative estimate of drug-likeness (QED) is 0.707. The fraction of sp³-hybridized carbons (Fsp3) is 0.400. The fourth-order valence-corrected chi connectivity index (χ4v) is 1.85. The molecule has 0 aliphatic heterocycles. The summed E-state index contributed by atoms with van der Waals surface area (Å²) >= 11 is 0. The van der Waals surface area contributed by atoms with E-state index in [-0.39, 0.29) is 18.3 Å². The molecule has 126 valence electrons. The topological polar surface area (TPSA) is 89.3 Å². The van der Waals surface area contributed by atoms with Crippen molar-refractivity contribution in [1.29, 1.82) is 0 Å². The molecule has 2 aromatic rings. The first-order valence-electron chi connectivity index (χ1n) is 7.11. The lowest BCUT2D eigenvalue weighted by molar-refractivity contribution is -0.121. The standard InChI is InChI=1S/C15H20N4O3.ClH/c1-16-9-10-17-13(20)7-8-14-18-15(19-22-14)11-3-5-12(21-2)6-4-11;/h3-6,16H,7-10H2,1-2H3,(H,17,20);1H. The molecule has 0 aliphatic rings. The molecule has 0 atom stereocenters. The third kappa shape index (κ3) is 5.88. The van der Waals surface area contributed by atoms with Crippen LogP contribution in [0.2, 0.25) is 0 Å². The van der Waals surface area contributed by atoms with E-state index in [9.17, 15) is 4.79 Å². The molecule has 8 heteroatoms. The van der Waals surface area contributed by atoms with Gasteiger partial charge in [-0.1, -0.05) is 5.16 Å². The van der Waals surface area contributed by atoms with Gasteiger partial charge in [-0.2, -0.15) is 4.98 Å². The molecule has 1 aromatic carbocycles. The van der Waals surface area contributed by atoms with Crippen LogP contribution in [0.4, 0.5) is 0 Å². The summed E-state index contributed by atoms with van der Waals surface area (Å²) in [6.45, 7) is 1.35. The van der Waals surface area contributed by atoms with Crippen LogP contribution < -0.4 is 15.4 Å². The van der Waals surface area contributed by atoms with Crippen molar-refractivity contribution in [3.8, 4) is 17.1 Å². The number of hydrogen-bond donors (Lipinski definition) is 2. The molecule has 23 heavy (non-hydrogen) atoms. The summed E-state index contributed by atoms with van der Waals surface area (Å²) < 4.78 is 10.3. The number of methoxy groups -OCH3 is 1. The van der Waals surface area contributed by atoms with Crippen LogP contribution in [0.5, 0.6) is 5.75 Å². The van der Waals surface area contributed by atoms with Crippen molar-refractivity contribution in [3.05, 3.63) is 30.2 Å². The second-order valence-corrected chi connectivity index (χ2v) is 4.69. The minimum absolute atomic E-state index is 0. The number of hydrogen-bond acceptors (Lipinski definition) is 6. The summed E-state index contributed by atoms with van der Waals surface area (Å²) in [5.41, 5.74) is 0.842. The zero-order valence-electron chi connectivity index (χ0n) is 13.2. The Hall–Kier alpha value is -2.12. The van der Waals surface area contributed by atoms with Gasteiger partial charge in [0, 0.05) is 31.5 Å². The van der Waals surface area contributed by atoms with Crippen LogP contribution in [0.25, 0.3) is 11.4 Å². The highest BCUT2D eigenvalue weighted by Crippen LogP contribution is 2.19. The van der Waals surface area contributed by atoms with Crippen molar-refractivity contribution in [2.75, 3.05) is 27.2 Å². The monoisotopic (exact) mass is 340 g/mol. The highest BCUT2D eigenvalue weighted by molar-refractivity contribution is 5.85. The number of carbonyl (C=O) groups is 1. The predicted octanol–water partition coefficient (Wildman–Crippen LogP) is 1.44. The number of aromatic nitrogens is 2. The van der Waals surface area contributed by atoms with Crippen molar-refractivity contribution in [1.82, 2.24) is 20.8 Å². The van der Waals surface area contributed by atoms with Gasteiger partial charge in [0.2, 0.25) is 17.6 Å². The van der Waals surface area contributed by atoms with E-state index in [4.69, 9.17) is 9.26 Å². The van der Waals surface area contributed by atoms with E-state index in [1.807, 2.05) is 31.3 Å². The van der Waals surface area contributed by atoms with Gasteiger partial charge in [0.1, 0.15) is 5.75 Å². The zero-order chi connectivity index (χ0) is 15.8. The second kappa shape index (κ2) is 9.81. The normalized spacial score (nSPS) is 10.0. The van der Waals surface area contributed by atoms with E-state index in [2.05, 4.69) is 20.8 Å². The van der Waals surface area contributed by atoms with Crippen LogP contribution in [-0.2, 0) is 11.2 Å². The molecule has 1 heterocycles. The van der Waals surface area contributed by atoms with Crippen LogP contribution in [0.3, 0.4) is 0 Å². The molecule has 0 spiro atoms. The van der Waals surface area contributed by atoms with Crippen molar-refractivity contribution in [2.45, 2.75) is 12.8 Å². The average molecular weight is 341 g/mol. The van der Waals surface area contributed by atoms with Crippen molar-refractivity contribution >= 4 is 18.3 Å². The van der Waals surface area contributed by atoms with Crippen molar-refractivity contribution < 1.29 is 14.1 Å². The summed E-state index contributed by atoms with van der Waals surface area (Å²) in [7, 11) is 3.45. The Morgan fingerprint density at radius 2 is 2.00 bits per heavy atom. The fourth-order valence-electron chi connectivity index (χ4n) is 1.85. The Morgan fingerprint density at radius 1 is 1.26 bits per heavy atom. The summed E-state index contributed by atoms with van der Waals surface area (Å²) in [4.78, 5) is 15.9. The third-order valence-corrected chi connectivity index (χ3v) is 3.08. The van der Waals surface area contributed by atoms with E-state index < -0.39 is 0 Å². The van der Waals surface area contributed by atoms with E-state index in [0.717, 1.165) is 17.9 Å². The summed E-state index contributed by atoms with van der Waals surface area (Å²) in [6, 6.07) is 7.39. The minimum Gasteiger partial charge on any atom is -0.497 e. The zero-order valence-corrected chi connectivity index (χ0v) is 14.0. The van der Waals surface area contributed by atoms with Gasteiger partial charge in [-0.05, 0) is 31.3 Å². The number of likely N-dealkylation sites (N-methyl/N-ethyl adjacent to an activating group) is 1. The number of halogens is 1. The number of benzene rings is 1. The first kappa shape index (κ1) is 18.9. The molecule has 0 radical (unpaired) electrons. The Kier molecular flexibility index (Phi) is 8.07. The number of rotatable bonds is 8. The molecule has 0 bridgehead atoms. The Bertz CT molecular complexity index is 601. The van der Waals surface area contributed by atoms with Crippen LogP contribution in [0.15, 0.2) is 28.8 Å². The average Bonchev–Trinajstić information content (AvgIpc) is 3.02. The lowest BCUT2D eigenvalue weighted by Crippen LogP contribution is -2.30. The van der Waals surface area contributed by atoms with Crippen LogP contribution in [0, 0.1) is 0 Å². The molecule has 0 saturated carbocycles. The highest BCUT2D eigenvalue weighted by Gasteiger charge is 2.10. The lowest BCUT2D eigenvalue weighted by atomic mass is 10.2. The van der Waals surface area contributed by atoms with Gasteiger partial charge in [-0.25, -0.2) is 0 Å². The molecular formula is C15H21ClN4O3. The Balaban J connectivity index is 0.00000264. The maximum absolute atomic E-state index is 11.6. The SMILES string of the molecule is CNCCNC(=O)CCc1nc(-c2ccc(OC)cc2)no1.Cl. The molecule has 7 nitrogen and oxygen atoms in total. The number of ether oxygens (including phenoxy) is 1. The van der Waals surface area contributed by atoms with Gasteiger partial charge in [-0.15, -0.1) is 12.4 Å². The van der Waals surface area contributed by atoms with E-state index >= 15 is 0 Å². The molecular weight excluding hydrogens is 320 g/mol. The largest absolute Gasteiger partial charge is 0.497 e. The maximum Gasteiger partial charge on any atom is 0.227 e. The number of aryl methyl sites for hydroxylation is 1. The summed E-state index contributed by atoms with van der Waals surface area (Å²) in [5, 5.41) is 9.69. The van der Waals surface area contributed by atoms with E-state index in [1.165, 1.54) is 0 Å². The summed E-state index contributed by atoms with van der Waals surface area (Å²) in [6.07, 6.45) is 0.752. The van der Waals surface area contributed by atoms with Gasteiger partial charge in [0.15, 0.2) is 0 Å². The van der Waals surface area contributed by atoms with Gasteiger partial charge in [0.05, 0.1) is 7.11 Å². The van der Waals surface area contributed by atoms with Crippen LogP contribution in [0.1, 0.15) is 12.3 Å². The predicted molar refractivity (Wildman–Crippen MR) is 88.8 cm³/mol. The number of amides is 1. The molecule has 0 aliphatic carbocycles. The smallest absolute Gasteiger partial charge is 0.227 e. The van der Waals surface area contributed by atoms with E-state index in [0.29, 0.717) is 31.1 Å². The Morgan fingerprint density at radius 3 is 2.65 bits per heavy atom. The molecule has 0 unspecified atom stereocenters. The van der Waals surface area contributed by atoms with Gasteiger partial charge >= 0.3 is 0 Å². The number of nitrogens with one attached hydrogen (secondary N) is 2. The summed E-state index contributed by atoms with van der Waals surface area (Å²) in [5.74, 6) is 1.70. The van der Waals surface area contributed by atoms with Gasteiger partial charge in [0.25, 0.3) is 0 Å². The number of carbonyl (C=O) groups excluding carboxylic acids is 1. The van der Waals surface area contributed by atoms with Crippen molar-refractivity contribution in [2.24, 2.45) is 0 Å². The molecule has 2 rings (SSSR count). The molecule has 0 saturated heterocycles. The van der Waals surface area contributed by atoms with Gasteiger partial charge < -0.3 is 19.9 Å². The Labute approximate surface area is 141 Å². The highest BCUT2D eigenvalue weighted by atomic mass is 35.5. The molecule has 1 aromatic heterocycles. The first-order valence-corrected chi connectivity index (χ1v) is 7.11. The van der Waals surface area contributed by atoms with Crippen LogP contribution >= 0.6 is 12.4 Å². The molecule has 0 fully saturated rings. The van der Waals surface area contributed by atoms with Crippen LogP contribution in [-0.4, -0.2) is 43.3 Å². The van der Waals surface area contributed by atoms with Crippen molar-refractivity contribution in [3.63, 3.8) is 0 Å². The molecule has 1 amide bonds. The minimum atomic E-state index is -0.0283. The third-order valence-electron chi connectivity index (χ3n) is 3.08. The molecule has 2 N–H and O–H groups in total. The second-order valence-electron chi connectivity index (χ2n) is 4.69.